The van der Waals surface area contributed by atoms with Crippen molar-refractivity contribution < 1.29 is 19.1 Å². The largest absolute Gasteiger partial charge is 0.493 e. The number of aromatic nitrogens is 3. The summed E-state index contributed by atoms with van der Waals surface area (Å²) in [5.74, 6) is 1.01. The minimum absolute atomic E-state index is 0.00292. The number of pyridine rings is 1. The van der Waals surface area contributed by atoms with Crippen LogP contribution in [-0.2, 0) is 29.1 Å². The first-order valence-electron chi connectivity index (χ1n) is 15.9. The van der Waals surface area contributed by atoms with Crippen molar-refractivity contribution in [2.24, 2.45) is 11.8 Å². The first kappa shape index (κ1) is 30.5. The fraction of sp³-hybridized carbons (Fsp3) is 0.400. The summed E-state index contributed by atoms with van der Waals surface area (Å²) >= 11 is 0. The summed E-state index contributed by atoms with van der Waals surface area (Å²) in [5, 5.41) is 6.40. The molecule has 3 aliphatic rings. The first-order valence-corrected chi connectivity index (χ1v) is 15.9. The van der Waals surface area contributed by atoms with Crippen molar-refractivity contribution in [1.82, 2.24) is 19.4 Å². The van der Waals surface area contributed by atoms with Gasteiger partial charge in [-0.05, 0) is 61.6 Å². The van der Waals surface area contributed by atoms with Crippen LogP contribution in [0.2, 0.25) is 0 Å². The molecule has 1 fully saturated rings. The number of fused-ring (bicyclic) bond motifs is 9. The number of carbonyl (C=O) groups excluding carboxylic acids is 2. The molecule has 4 atom stereocenters. The number of piperidine rings is 1. The molecule has 244 valence electrons. The molecule has 2 aromatic heterocycles. The highest BCUT2D eigenvalue weighted by Crippen LogP contribution is 2.48. The lowest BCUT2D eigenvalue weighted by Gasteiger charge is -2.54. The maximum Gasteiger partial charge on any atom is 0.261 e. The molecule has 2 bridgehead atoms. The van der Waals surface area contributed by atoms with Gasteiger partial charge >= 0.3 is 0 Å². The van der Waals surface area contributed by atoms with Gasteiger partial charge in [0.1, 0.15) is 5.82 Å². The molecule has 12 heteroatoms. The predicted octanol–water partition coefficient (Wildman–Crippen LogP) is 2.82. The number of amides is 2. The molecular weight excluding hydrogens is 600 g/mol. The van der Waals surface area contributed by atoms with E-state index >= 15 is 0 Å². The first-order chi connectivity index (χ1) is 22.7. The van der Waals surface area contributed by atoms with E-state index in [1.54, 1.807) is 29.7 Å². The number of anilines is 2. The zero-order chi connectivity index (χ0) is 33.0. The van der Waals surface area contributed by atoms with Crippen LogP contribution >= 0.6 is 0 Å². The van der Waals surface area contributed by atoms with Gasteiger partial charge in [-0.15, -0.1) is 0 Å². The molecule has 2 amide bonds. The summed E-state index contributed by atoms with van der Waals surface area (Å²) < 4.78 is 14.2. The molecule has 12 nitrogen and oxygen atoms in total. The highest BCUT2D eigenvalue weighted by molar-refractivity contribution is 5.89. The monoisotopic (exact) mass is 638 g/mol. The van der Waals surface area contributed by atoms with Gasteiger partial charge < -0.3 is 29.6 Å². The molecule has 0 aliphatic carbocycles. The predicted molar refractivity (Wildman–Crippen MR) is 177 cm³/mol. The topological polar surface area (TPSA) is 137 Å². The lowest BCUT2D eigenvalue weighted by atomic mass is 9.69. The molecule has 3 aliphatic heterocycles. The molecule has 4 unspecified atom stereocenters. The number of nitrogens with one attached hydrogen (secondary N) is 2. The standard InChI is InChI=1S/C35H38N6O6/c1-19-37-27-16-31(47-4)30(46-3)15-24(27)35(45)39(19)11-10-36-34(44)26-14-22-13-23(38-20(2)42)8-9-28(22)41-18-21-12-25(33(26)41)29-6-5-7-32(43)40(29)17-21/h5-9,13,15-16,21,25-26,33H,10-12,14,17-18H2,1-4H3,(H,36,44)(H,38,42). The number of benzene rings is 2. The maximum absolute atomic E-state index is 14.2. The molecule has 1 saturated heterocycles. The van der Waals surface area contributed by atoms with Crippen LogP contribution < -0.4 is 36.1 Å². The Morgan fingerprint density at radius 1 is 1.02 bits per heavy atom. The summed E-state index contributed by atoms with van der Waals surface area (Å²) in [7, 11) is 3.05. The van der Waals surface area contributed by atoms with E-state index in [1.807, 2.05) is 34.9 Å². The van der Waals surface area contributed by atoms with Crippen LogP contribution in [0.5, 0.6) is 11.5 Å². The van der Waals surface area contributed by atoms with Crippen molar-refractivity contribution in [3.05, 3.63) is 86.3 Å². The van der Waals surface area contributed by atoms with Crippen molar-refractivity contribution in [3.8, 4) is 11.5 Å². The average Bonchev–Trinajstić information content (AvgIpc) is 3.05. The summed E-state index contributed by atoms with van der Waals surface area (Å²) in [6.07, 6.45) is 1.38. The third-order valence-electron chi connectivity index (χ3n) is 9.90. The van der Waals surface area contributed by atoms with Crippen LogP contribution in [0, 0.1) is 18.8 Å². The second-order valence-electron chi connectivity index (χ2n) is 12.7. The van der Waals surface area contributed by atoms with E-state index in [9.17, 15) is 19.2 Å². The Morgan fingerprint density at radius 2 is 1.81 bits per heavy atom. The highest BCUT2D eigenvalue weighted by Gasteiger charge is 2.49. The minimum Gasteiger partial charge on any atom is -0.493 e. The van der Waals surface area contributed by atoms with Crippen LogP contribution in [0.4, 0.5) is 11.4 Å². The van der Waals surface area contributed by atoms with E-state index in [4.69, 9.17) is 9.47 Å². The fourth-order valence-electron chi connectivity index (χ4n) is 7.95. The number of aryl methyl sites for hydroxylation is 1. The van der Waals surface area contributed by atoms with Gasteiger partial charge in [0.2, 0.25) is 11.8 Å². The van der Waals surface area contributed by atoms with Gasteiger partial charge in [-0.3, -0.25) is 23.7 Å². The summed E-state index contributed by atoms with van der Waals surface area (Å²) in [6.45, 7) is 5.08. The van der Waals surface area contributed by atoms with E-state index in [0.29, 0.717) is 46.9 Å². The number of hydrogen-bond donors (Lipinski definition) is 2. The minimum atomic E-state index is -0.424. The lowest BCUT2D eigenvalue weighted by molar-refractivity contribution is -0.126. The second kappa shape index (κ2) is 11.9. The Hall–Kier alpha value is -5.13. The Morgan fingerprint density at radius 3 is 2.57 bits per heavy atom. The fourth-order valence-corrected chi connectivity index (χ4v) is 7.95. The second-order valence-corrected chi connectivity index (χ2v) is 12.7. The highest BCUT2D eigenvalue weighted by atomic mass is 16.5. The van der Waals surface area contributed by atoms with Crippen molar-refractivity contribution in [1.29, 1.82) is 0 Å². The lowest BCUT2D eigenvalue weighted by Crippen LogP contribution is -2.60. The van der Waals surface area contributed by atoms with E-state index in [0.717, 1.165) is 29.9 Å². The Bertz CT molecular complexity index is 2040. The Labute approximate surface area is 271 Å². The normalized spacial score (nSPS) is 20.9. The molecule has 7 rings (SSSR count). The van der Waals surface area contributed by atoms with Gasteiger partial charge in [0.25, 0.3) is 11.1 Å². The zero-order valence-electron chi connectivity index (χ0n) is 26.9. The van der Waals surface area contributed by atoms with E-state index in [1.165, 1.54) is 21.1 Å². The maximum atomic E-state index is 14.2. The molecule has 47 heavy (non-hydrogen) atoms. The molecule has 0 saturated carbocycles. The van der Waals surface area contributed by atoms with Gasteiger partial charge in [0, 0.05) is 74.3 Å². The van der Waals surface area contributed by atoms with Crippen molar-refractivity contribution in [2.45, 2.75) is 51.7 Å². The summed E-state index contributed by atoms with van der Waals surface area (Å²) in [6, 6.07) is 14.5. The van der Waals surface area contributed by atoms with Crippen LogP contribution in [0.1, 0.15) is 36.3 Å². The van der Waals surface area contributed by atoms with Crippen LogP contribution in [0.15, 0.2) is 58.1 Å². The number of methoxy groups -OCH3 is 2. The summed E-state index contributed by atoms with van der Waals surface area (Å²) in [4.78, 5) is 59.4. The van der Waals surface area contributed by atoms with E-state index in [-0.39, 0.29) is 53.9 Å². The molecule has 0 spiro atoms. The SMILES string of the molecule is COc1cc2nc(C)n(CCNC(=O)C3Cc4cc(NC(C)=O)ccc4N4CC5CC(c6cccc(=O)n6C5)C34)c(=O)c2cc1OC. The van der Waals surface area contributed by atoms with Crippen molar-refractivity contribution >= 4 is 34.1 Å². The molecular formula is C35H38N6O6. The number of rotatable bonds is 7. The number of ether oxygens (including phenoxy) is 2. The third kappa shape index (κ3) is 5.31. The van der Waals surface area contributed by atoms with Crippen molar-refractivity contribution in [3.63, 3.8) is 0 Å². The van der Waals surface area contributed by atoms with Crippen molar-refractivity contribution in [2.75, 3.05) is 37.5 Å². The summed E-state index contributed by atoms with van der Waals surface area (Å²) in [5.41, 5.74) is 3.98. The number of nitrogens with zero attached hydrogens (tertiary/aromatic N) is 4. The smallest absolute Gasteiger partial charge is 0.261 e. The zero-order valence-corrected chi connectivity index (χ0v) is 26.9. The average molecular weight is 639 g/mol. The van der Waals surface area contributed by atoms with Gasteiger partial charge in [0.15, 0.2) is 11.5 Å². The quantitative estimate of drug-likeness (QED) is 0.316. The third-order valence-corrected chi connectivity index (χ3v) is 9.90. The molecule has 5 heterocycles. The Kier molecular flexibility index (Phi) is 7.73. The van der Waals surface area contributed by atoms with Gasteiger partial charge in [-0.1, -0.05) is 6.07 Å². The number of hydrogen-bond acceptors (Lipinski definition) is 8. The van der Waals surface area contributed by atoms with Crippen LogP contribution in [0.25, 0.3) is 10.9 Å². The Balaban J connectivity index is 1.19. The molecule has 2 N–H and O–H groups in total. The number of carbonyl (C=O) groups is 2. The van der Waals surface area contributed by atoms with Crippen LogP contribution in [0.3, 0.4) is 0 Å². The van der Waals surface area contributed by atoms with Gasteiger partial charge in [-0.2, -0.15) is 0 Å². The van der Waals surface area contributed by atoms with Gasteiger partial charge in [0.05, 0.1) is 31.0 Å². The van der Waals surface area contributed by atoms with Crippen LogP contribution in [-0.4, -0.2) is 59.3 Å². The van der Waals surface area contributed by atoms with Gasteiger partial charge in [-0.25, -0.2) is 4.98 Å². The van der Waals surface area contributed by atoms with E-state index < -0.39 is 5.92 Å². The molecule has 2 aromatic carbocycles. The van der Waals surface area contributed by atoms with E-state index in [2.05, 4.69) is 20.5 Å². The molecule has 4 aromatic rings. The molecule has 0 radical (unpaired) electrons.